The number of furan rings is 1. The number of nitrogens with zero attached hydrogens (tertiary/aromatic N) is 1. The molecule has 1 amide bonds. The molecule has 1 saturated heterocycles. The van der Waals surface area contributed by atoms with Crippen molar-refractivity contribution in [3.63, 3.8) is 0 Å². The lowest BCUT2D eigenvalue weighted by Gasteiger charge is -2.34. The highest BCUT2D eigenvalue weighted by atomic mass is 19.1. The quantitative estimate of drug-likeness (QED) is 0.474. The van der Waals surface area contributed by atoms with Crippen molar-refractivity contribution >= 4 is 17.4 Å². The lowest BCUT2D eigenvalue weighted by atomic mass is 9.92. The van der Waals surface area contributed by atoms with Crippen LogP contribution in [0.15, 0.2) is 46.6 Å². The molecule has 1 aromatic heterocycles. The van der Waals surface area contributed by atoms with Crippen molar-refractivity contribution < 1.29 is 28.2 Å². The van der Waals surface area contributed by atoms with Crippen LogP contribution >= 0.6 is 0 Å². The largest absolute Gasteiger partial charge is 0.507 e. The van der Waals surface area contributed by atoms with Gasteiger partial charge in [0.1, 0.15) is 29.1 Å². The van der Waals surface area contributed by atoms with Gasteiger partial charge >= 0.3 is 0 Å². The molecule has 2 aromatic rings. The number of likely N-dealkylation sites (tertiary alicyclic amines) is 1. The number of carbonyl (C=O) groups is 2. The van der Waals surface area contributed by atoms with Crippen LogP contribution in [-0.4, -0.2) is 34.8 Å². The topological polar surface area (TPSA) is 80.0 Å². The summed E-state index contributed by atoms with van der Waals surface area (Å²) in [4.78, 5) is 27.5. The summed E-state index contributed by atoms with van der Waals surface area (Å²) in [6.07, 6.45) is 6.05. The average molecular weight is 399 g/mol. The van der Waals surface area contributed by atoms with Crippen molar-refractivity contribution in [3.8, 4) is 5.75 Å². The fourth-order valence-electron chi connectivity index (χ4n) is 4.32. The molecule has 4 rings (SSSR count). The molecule has 1 unspecified atom stereocenters. The number of carbonyl (C=O) groups excluding carboxylic acids is 2. The van der Waals surface area contributed by atoms with E-state index in [9.17, 15) is 19.1 Å². The van der Waals surface area contributed by atoms with Gasteiger partial charge in [0.15, 0.2) is 0 Å². The van der Waals surface area contributed by atoms with Crippen molar-refractivity contribution in [2.24, 2.45) is 0 Å². The Balaban J connectivity index is 1.89. The number of halogens is 1. The SMILES string of the molecule is COc1ccc(F)cc1/C(O)=C1/C(=O)C(=O)N(C2CCCCC2)C1c1ccco1. The zero-order valence-electron chi connectivity index (χ0n) is 16.1. The molecule has 1 aliphatic carbocycles. The van der Waals surface area contributed by atoms with Gasteiger partial charge in [-0.25, -0.2) is 4.39 Å². The van der Waals surface area contributed by atoms with E-state index in [2.05, 4.69) is 0 Å². The number of ketones is 1. The number of benzene rings is 1. The minimum atomic E-state index is -0.860. The molecule has 2 heterocycles. The number of aliphatic hydroxyl groups excluding tert-OH is 1. The Morgan fingerprint density at radius 1 is 1.21 bits per heavy atom. The zero-order valence-corrected chi connectivity index (χ0v) is 16.1. The van der Waals surface area contributed by atoms with E-state index in [1.54, 1.807) is 12.1 Å². The summed E-state index contributed by atoms with van der Waals surface area (Å²) in [5.74, 6) is -1.96. The number of Topliss-reactive ketones (excluding diaryl/α,β-unsaturated/α-hetero) is 1. The highest BCUT2D eigenvalue weighted by molar-refractivity contribution is 6.46. The fourth-order valence-corrected chi connectivity index (χ4v) is 4.32. The Kier molecular flexibility index (Phi) is 5.13. The van der Waals surface area contributed by atoms with E-state index in [1.807, 2.05) is 0 Å². The summed E-state index contributed by atoms with van der Waals surface area (Å²) in [7, 11) is 1.38. The third kappa shape index (κ3) is 3.30. The first-order valence-corrected chi connectivity index (χ1v) is 9.70. The number of amides is 1. The standard InChI is InChI=1S/C22H22FNO5/c1-28-16-10-9-13(23)12-15(16)20(25)18-19(17-8-5-11-29-17)24(22(27)21(18)26)14-6-3-2-4-7-14/h5,8-12,14,19,25H,2-4,6-7H2,1H3/b20-18-. The first kappa shape index (κ1) is 19.2. The summed E-state index contributed by atoms with van der Waals surface area (Å²) in [6.45, 7) is 0. The Morgan fingerprint density at radius 2 is 1.97 bits per heavy atom. The van der Waals surface area contributed by atoms with E-state index in [4.69, 9.17) is 9.15 Å². The minimum Gasteiger partial charge on any atom is -0.507 e. The predicted octanol–water partition coefficient (Wildman–Crippen LogP) is 4.18. The summed E-state index contributed by atoms with van der Waals surface area (Å²) in [5.41, 5.74) is -0.0925. The molecule has 29 heavy (non-hydrogen) atoms. The van der Waals surface area contributed by atoms with Crippen LogP contribution in [0.1, 0.15) is 49.5 Å². The van der Waals surface area contributed by atoms with Crippen LogP contribution < -0.4 is 4.74 Å². The van der Waals surface area contributed by atoms with Gasteiger partial charge in [-0.15, -0.1) is 0 Å². The van der Waals surface area contributed by atoms with Gasteiger partial charge < -0.3 is 19.2 Å². The molecule has 1 atom stereocenters. The van der Waals surface area contributed by atoms with Crippen LogP contribution in [0.25, 0.3) is 5.76 Å². The van der Waals surface area contributed by atoms with Gasteiger partial charge in [-0.05, 0) is 43.2 Å². The van der Waals surface area contributed by atoms with Crippen LogP contribution in [0.4, 0.5) is 4.39 Å². The third-order valence-corrected chi connectivity index (χ3v) is 5.68. The van der Waals surface area contributed by atoms with Gasteiger partial charge in [-0.2, -0.15) is 0 Å². The van der Waals surface area contributed by atoms with Gasteiger partial charge in [-0.1, -0.05) is 19.3 Å². The Bertz CT molecular complexity index is 960. The van der Waals surface area contributed by atoms with E-state index < -0.39 is 29.3 Å². The van der Waals surface area contributed by atoms with Crippen LogP contribution in [0, 0.1) is 5.82 Å². The first-order chi connectivity index (χ1) is 14.0. The van der Waals surface area contributed by atoms with Crippen LogP contribution in [0.3, 0.4) is 0 Å². The van der Waals surface area contributed by atoms with E-state index in [0.29, 0.717) is 5.76 Å². The second kappa shape index (κ2) is 7.73. The molecule has 1 saturated carbocycles. The maximum Gasteiger partial charge on any atom is 0.296 e. The van der Waals surface area contributed by atoms with Crippen molar-refractivity contribution in [1.29, 1.82) is 0 Å². The molecule has 2 aliphatic rings. The van der Waals surface area contributed by atoms with Gasteiger partial charge in [0.2, 0.25) is 0 Å². The number of aliphatic hydroxyl groups is 1. The van der Waals surface area contributed by atoms with E-state index >= 15 is 0 Å². The first-order valence-electron chi connectivity index (χ1n) is 9.70. The third-order valence-electron chi connectivity index (χ3n) is 5.68. The Morgan fingerprint density at radius 3 is 2.62 bits per heavy atom. The van der Waals surface area contributed by atoms with E-state index in [1.165, 1.54) is 30.4 Å². The Labute approximate surface area is 167 Å². The van der Waals surface area contributed by atoms with Gasteiger partial charge in [-0.3, -0.25) is 9.59 Å². The maximum absolute atomic E-state index is 13.9. The second-order valence-corrected chi connectivity index (χ2v) is 7.36. The Hall–Kier alpha value is -3.09. The molecule has 6 nitrogen and oxygen atoms in total. The molecule has 7 heteroatoms. The molecule has 1 aromatic carbocycles. The normalized spacial score (nSPS) is 22.3. The summed E-state index contributed by atoms with van der Waals surface area (Å²) in [6, 6.07) is 6.00. The van der Waals surface area contributed by atoms with Crippen LogP contribution in [0.5, 0.6) is 5.75 Å². The molecule has 0 spiro atoms. The van der Waals surface area contributed by atoms with Crippen molar-refractivity contribution in [3.05, 3.63) is 59.3 Å². The second-order valence-electron chi connectivity index (χ2n) is 7.36. The fraction of sp³-hybridized carbons (Fsp3) is 0.364. The predicted molar refractivity (Wildman–Crippen MR) is 103 cm³/mol. The maximum atomic E-state index is 13.9. The minimum absolute atomic E-state index is 0.0192. The highest BCUT2D eigenvalue weighted by Crippen LogP contribution is 2.44. The molecule has 1 N–H and O–H groups in total. The number of ether oxygens (including phenoxy) is 1. The molecule has 0 radical (unpaired) electrons. The lowest BCUT2D eigenvalue weighted by molar-refractivity contribution is -0.142. The van der Waals surface area contributed by atoms with Gasteiger partial charge in [0, 0.05) is 6.04 Å². The molecule has 1 aliphatic heterocycles. The van der Waals surface area contributed by atoms with Crippen molar-refractivity contribution in [1.82, 2.24) is 4.90 Å². The van der Waals surface area contributed by atoms with E-state index in [-0.39, 0.29) is 22.9 Å². The molecule has 2 fully saturated rings. The summed E-state index contributed by atoms with van der Waals surface area (Å²) < 4.78 is 24.6. The van der Waals surface area contributed by atoms with Gasteiger partial charge in [0.05, 0.1) is 24.5 Å². The highest BCUT2D eigenvalue weighted by Gasteiger charge is 2.50. The number of methoxy groups -OCH3 is 1. The molecule has 152 valence electrons. The molecular formula is C22H22FNO5. The monoisotopic (exact) mass is 399 g/mol. The van der Waals surface area contributed by atoms with Gasteiger partial charge in [0.25, 0.3) is 11.7 Å². The summed E-state index contributed by atoms with van der Waals surface area (Å²) >= 11 is 0. The molecular weight excluding hydrogens is 377 g/mol. The average Bonchev–Trinajstić information content (AvgIpc) is 3.35. The number of rotatable bonds is 4. The van der Waals surface area contributed by atoms with Crippen molar-refractivity contribution in [2.75, 3.05) is 7.11 Å². The lowest BCUT2D eigenvalue weighted by Crippen LogP contribution is -2.40. The smallest absolute Gasteiger partial charge is 0.296 e. The van der Waals surface area contributed by atoms with Crippen molar-refractivity contribution in [2.45, 2.75) is 44.2 Å². The van der Waals surface area contributed by atoms with E-state index in [0.717, 1.165) is 38.2 Å². The van der Waals surface area contributed by atoms with Crippen LogP contribution in [-0.2, 0) is 9.59 Å². The zero-order chi connectivity index (χ0) is 20.5. The molecule has 0 bridgehead atoms. The number of hydrogen-bond donors (Lipinski definition) is 1. The number of hydrogen-bond acceptors (Lipinski definition) is 5. The van der Waals surface area contributed by atoms with Crippen LogP contribution in [0.2, 0.25) is 0 Å². The summed E-state index contributed by atoms with van der Waals surface area (Å²) in [5, 5.41) is 11.0.